The van der Waals surface area contributed by atoms with E-state index in [0.717, 1.165) is 12.8 Å². The van der Waals surface area contributed by atoms with E-state index >= 15 is 0 Å². The zero-order valence-electron chi connectivity index (χ0n) is 9.20. The number of nitrogens with zero attached hydrogens (tertiary/aromatic N) is 1. The number of likely N-dealkylation sites (tertiary alicyclic amines) is 1. The van der Waals surface area contributed by atoms with Gasteiger partial charge in [0.15, 0.2) is 5.82 Å². The van der Waals surface area contributed by atoms with Gasteiger partial charge in [0.05, 0.1) is 23.2 Å². The Morgan fingerprint density at radius 3 is 3.06 bits per heavy atom. The highest BCUT2D eigenvalue weighted by Gasteiger charge is 2.30. The van der Waals surface area contributed by atoms with E-state index in [2.05, 4.69) is 0 Å². The Kier molecular flexibility index (Phi) is 3.64. The van der Waals surface area contributed by atoms with Gasteiger partial charge in [-0.15, -0.1) is 0 Å². The minimum Gasteiger partial charge on any atom is -0.394 e. The summed E-state index contributed by atoms with van der Waals surface area (Å²) in [6.45, 7) is 0.462. The van der Waals surface area contributed by atoms with E-state index in [4.69, 9.17) is 16.7 Å². The van der Waals surface area contributed by atoms with Crippen LogP contribution in [0.5, 0.6) is 0 Å². The van der Waals surface area contributed by atoms with E-state index in [1.54, 1.807) is 6.07 Å². The van der Waals surface area contributed by atoms with Crippen LogP contribution in [0.25, 0.3) is 0 Å². The van der Waals surface area contributed by atoms with Crippen LogP contribution in [0.15, 0.2) is 18.2 Å². The lowest BCUT2D eigenvalue weighted by Crippen LogP contribution is -2.38. The van der Waals surface area contributed by atoms with Gasteiger partial charge in [0.25, 0.3) is 5.91 Å². The first-order valence-electron chi connectivity index (χ1n) is 5.51. The van der Waals surface area contributed by atoms with Crippen LogP contribution in [0.4, 0.5) is 4.39 Å². The van der Waals surface area contributed by atoms with Gasteiger partial charge in [-0.05, 0) is 25.0 Å². The van der Waals surface area contributed by atoms with Crippen LogP contribution in [0.3, 0.4) is 0 Å². The molecule has 1 aliphatic rings. The van der Waals surface area contributed by atoms with Gasteiger partial charge < -0.3 is 10.0 Å². The molecule has 1 fully saturated rings. The van der Waals surface area contributed by atoms with Crippen LogP contribution in [0.2, 0.25) is 5.02 Å². The van der Waals surface area contributed by atoms with Gasteiger partial charge in [-0.3, -0.25) is 4.79 Å². The molecular weight excluding hydrogens is 245 g/mol. The van der Waals surface area contributed by atoms with Crippen molar-refractivity contribution in [3.63, 3.8) is 0 Å². The highest BCUT2D eigenvalue weighted by Crippen LogP contribution is 2.23. The molecule has 0 spiro atoms. The third-order valence-electron chi connectivity index (χ3n) is 3.03. The van der Waals surface area contributed by atoms with Crippen molar-refractivity contribution in [1.29, 1.82) is 0 Å². The van der Waals surface area contributed by atoms with Gasteiger partial charge >= 0.3 is 0 Å². The number of benzene rings is 1. The molecule has 0 bridgehead atoms. The summed E-state index contributed by atoms with van der Waals surface area (Å²) in [6.07, 6.45) is 1.59. The molecule has 0 aliphatic carbocycles. The Labute approximate surface area is 104 Å². The van der Waals surface area contributed by atoms with Gasteiger partial charge in [0.2, 0.25) is 0 Å². The summed E-state index contributed by atoms with van der Waals surface area (Å²) >= 11 is 5.64. The normalized spacial score (nSPS) is 19.7. The molecule has 17 heavy (non-hydrogen) atoms. The quantitative estimate of drug-likeness (QED) is 0.881. The summed E-state index contributed by atoms with van der Waals surface area (Å²) in [5.41, 5.74) is -0.0298. The number of rotatable bonds is 2. The summed E-state index contributed by atoms with van der Waals surface area (Å²) in [5.74, 6) is -1.09. The van der Waals surface area contributed by atoms with Gasteiger partial charge in [0, 0.05) is 6.54 Å². The summed E-state index contributed by atoms with van der Waals surface area (Å²) < 4.78 is 13.7. The molecule has 0 aromatic heterocycles. The Bertz CT molecular complexity index is 439. The number of carbonyl (C=O) groups is 1. The molecule has 2 rings (SSSR count). The van der Waals surface area contributed by atoms with E-state index in [1.165, 1.54) is 17.0 Å². The summed E-state index contributed by atoms with van der Waals surface area (Å²) in [5, 5.41) is 9.08. The molecule has 0 radical (unpaired) electrons. The average molecular weight is 258 g/mol. The molecule has 0 unspecified atom stereocenters. The maximum Gasteiger partial charge on any atom is 0.257 e. The third-order valence-corrected chi connectivity index (χ3v) is 3.32. The monoisotopic (exact) mass is 257 g/mol. The predicted octanol–water partition coefficient (Wildman–Crippen LogP) is 2.08. The Hall–Kier alpha value is -1.13. The first-order chi connectivity index (χ1) is 8.15. The minimum absolute atomic E-state index is 0.0298. The highest BCUT2D eigenvalue weighted by atomic mass is 35.5. The second kappa shape index (κ2) is 5.02. The first-order valence-corrected chi connectivity index (χ1v) is 5.88. The number of carbonyl (C=O) groups excluding carboxylic acids is 1. The Morgan fingerprint density at radius 1 is 1.59 bits per heavy atom. The van der Waals surface area contributed by atoms with Gasteiger partial charge in [-0.1, -0.05) is 17.7 Å². The first kappa shape index (κ1) is 12.3. The third kappa shape index (κ3) is 2.28. The fourth-order valence-corrected chi connectivity index (χ4v) is 2.29. The average Bonchev–Trinajstić information content (AvgIpc) is 2.80. The summed E-state index contributed by atoms with van der Waals surface area (Å²) in [7, 11) is 0. The molecule has 1 N–H and O–H groups in total. The van der Waals surface area contributed by atoms with E-state index in [9.17, 15) is 9.18 Å². The molecule has 1 amide bonds. The van der Waals surface area contributed by atoms with Crippen LogP contribution in [-0.2, 0) is 0 Å². The molecule has 1 aromatic carbocycles. The van der Waals surface area contributed by atoms with Crippen molar-refractivity contribution in [3.8, 4) is 0 Å². The van der Waals surface area contributed by atoms with Crippen molar-refractivity contribution in [2.24, 2.45) is 0 Å². The lowest BCUT2D eigenvalue weighted by molar-refractivity contribution is 0.0673. The lowest BCUT2D eigenvalue weighted by atomic mass is 10.1. The smallest absolute Gasteiger partial charge is 0.257 e. The number of hydrogen-bond acceptors (Lipinski definition) is 2. The van der Waals surface area contributed by atoms with E-state index in [1.807, 2.05) is 0 Å². The lowest BCUT2D eigenvalue weighted by Gasteiger charge is -2.23. The van der Waals surface area contributed by atoms with Crippen molar-refractivity contribution in [1.82, 2.24) is 4.90 Å². The van der Waals surface area contributed by atoms with Crippen molar-refractivity contribution in [2.45, 2.75) is 18.9 Å². The van der Waals surface area contributed by atoms with Crippen molar-refractivity contribution in [2.75, 3.05) is 13.2 Å². The second-order valence-corrected chi connectivity index (χ2v) is 4.49. The largest absolute Gasteiger partial charge is 0.394 e. The van der Waals surface area contributed by atoms with Crippen molar-refractivity contribution >= 4 is 17.5 Å². The molecular formula is C12H13ClFNO2. The molecule has 1 aliphatic heterocycles. The molecule has 1 saturated heterocycles. The topological polar surface area (TPSA) is 40.5 Å². The molecule has 3 nitrogen and oxygen atoms in total. The van der Waals surface area contributed by atoms with Gasteiger partial charge in [0.1, 0.15) is 0 Å². The fraction of sp³-hybridized carbons (Fsp3) is 0.417. The van der Waals surface area contributed by atoms with Crippen molar-refractivity contribution in [3.05, 3.63) is 34.6 Å². The molecule has 1 aromatic rings. The van der Waals surface area contributed by atoms with Crippen LogP contribution >= 0.6 is 11.6 Å². The predicted molar refractivity (Wildman–Crippen MR) is 62.6 cm³/mol. The van der Waals surface area contributed by atoms with Crippen LogP contribution < -0.4 is 0 Å². The van der Waals surface area contributed by atoms with Gasteiger partial charge in [-0.25, -0.2) is 4.39 Å². The van der Waals surface area contributed by atoms with Crippen LogP contribution in [0.1, 0.15) is 23.2 Å². The maximum absolute atomic E-state index is 13.7. The van der Waals surface area contributed by atoms with E-state index < -0.39 is 11.7 Å². The zero-order chi connectivity index (χ0) is 12.4. The standard InChI is InChI=1S/C12H13ClFNO2/c13-10-5-1-4-9(11(10)14)12(17)15-6-2-3-8(15)7-16/h1,4-5,8,16H,2-3,6-7H2/t8-/m0/s1. The van der Waals surface area contributed by atoms with Crippen LogP contribution in [0, 0.1) is 5.82 Å². The zero-order valence-corrected chi connectivity index (χ0v) is 9.95. The van der Waals surface area contributed by atoms with E-state index in [-0.39, 0.29) is 23.2 Å². The molecule has 92 valence electrons. The van der Waals surface area contributed by atoms with Crippen molar-refractivity contribution < 1.29 is 14.3 Å². The fourth-order valence-electron chi connectivity index (χ4n) is 2.12. The number of halogens is 2. The van der Waals surface area contributed by atoms with Gasteiger partial charge in [-0.2, -0.15) is 0 Å². The molecule has 0 saturated carbocycles. The molecule has 1 atom stereocenters. The Morgan fingerprint density at radius 2 is 2.35 bits per heavy atom. The Balaban J connectivity index is 2.28. The summed E-state index contributed by atoms with van der Waals surface area (Å²) in [6, 6.07) is 4.15. The number of aliphatic hydroxyl groups excluding tert-OH is 1. The number of aliphatic hydroxyl groups is 1. The highest BCUT2D eigenvalue weighted by molar-refractivity contribution is 6.31. The SMILES string of the molecule is O=C(c1cccc(Cl)c1F)N1CCC[C@H]1CO. The number of hydrogen-bond donors (Lipinski definition) is 1. The minimum atomic E-state index is -0.692. The molecule has 5 heteroatoms. The second-order valence-electron chi connectivity index (χ2n) is 4.08. The maximum atomic E-state index is 13.7. The summed E-state index contributed by atoms with van der Waals surface area (Å²) in [4.78, 5) is 13.6. The van der Waals surface area contributed by atoms with E-state index in [0.29, 0.717) is 6.54 Å². The molecule has 1 heterocycles. The van der Waals surface area contributed by atoms with Crippen LogP contribution in [-0.4, -0.2) is 35.1 Å². The number of amides is 1.